The molecule has 1 aromatic carbocycles. The Kier molecular flexibility index (Phi) is 5.88. The number of primary amides is 1. The molecule has 0 atom stereocenters. The number of hydrogen-bond acceptors (Lipinski definition) is 4. The van der Waals surface area contributed by atoms with Gasteiger partial charge in [-0.05, 0) is 92.6 Å². The second kappa shape index (κ2) is 8.14. The first-order chi connectivity index (χ1) is 12.5. The van der Waals surface area contributed by atoms with Gasteiger partial charge in [-0.3, -0.25) is 9.82 Å². The lowest BCUT2D eigenvalue weighted by Crippen LogP contribution is -2.21. The van der Waals surface area contributed by atoms with Crippen molar-refractivity contribution in [1.82, 2.24) is 9.78 Å². The van der Waals surface area contributed by atoms with Crippen LogP contribution in [-0.4, -0.2) is 15.8 Å². The maximum absolute atomic E-state index is 11.1. The number of hydrogen-bond donors (Lipinski definition) is 3. The number of carbonyl (C=O) groups is 1. The fraction of sp³-hybridized carbons (Fsp3) is 0.474. The molecule has 6 nitrogen and oxygen atoms in total. The molecular formula is C19H27N5OS. The van der Waals surface area contributed by atoms with E-state index in [2.05, 4.69) is 30.3 Å². The van der Waals surface area contributed by atoms with Crippen LogP contribution in [0.2, 0.25) is 0 Å². The van der Waals surface area contributed by atoms with E-state index in [1.807, 2.05) is 16.9 Å². The van der Waals surface area contributed by atoms with Crippen molar-refractivity contribution < 1.29 is 4.79 Å². The van der Waals surface area contributed by atoms with Crippen LogP contribution in [0.4, 0.5) is 10.5 Å². The zero-order chi connectivity index (χ0) is 18.7. The van der Waals surface area contributed by atoms with Gasteiger partial charge in [-0.15, -0.1) is 0 Å². The zero-order valence-electron chi connectivity index (χ0n) is 15.4. The molecule has 140 valence electrons. The first-order valence-electron chi connectivity index (χ1n) is 9.14. The molecule has 0 unspecified atom stereocenters. The number of urea groups is 1. The average Bonchev–Trinajstić information content (AvgIpc) is 3.34. The maximum Gasteiger partial charge on any atom is 0.316 e. The molecule has 2 aromatic rings. The van der Waals surface area contributed by atoms with Crippen LogP contribution in [0.15, 0.2) is 23.4 Å². The number of nitrogens with one attached hydrogen (secondary N) is 1. The number of aromatic nitrogens is 2. The molecule has 7 heteroatoms. The van der Waals surface area contributed by atoms with Gasteiger partial charge in [0.15, 0.2) is 0 Å². The van der Waals surface area contributed by atoms with Crippen LogP contribution in [0.25, 0.3) is 0 Å². The number of aryl methyl sites for hydroxylation is 2. The van der Waals surface area contributed by atoms with Crippen LogP contribution in [0, 0.1) is 0 Å². The minimum Gasteiger partial charge on any atom is -0.351 e. The maximum atomic E-state index is 11.1. The summed E-state index contributed by atoms with van der Waals surface area (Å²) in [6.45, 7) is 4.16. The van der Waals surface area contributed by atoms with Gasteiger partial charge in [-0.1, -0.05) is 6.07 Å². The molecule has 1 aromatic heterocycles. The molecule has 0 fully saturated rings. The van der Waals surface area contributed by atoms with Crippen molar-refractivity contribution in [1.29, 1.82) is 0 Å². The highest BCUT2D eigenvalue weighted by Crippen LogP contribution is 2.38. The number of carbonyl (C=O) groups excluding carboxylic acids is 1. The van der Waals surface area contributed by atoms with E-state index in [4.69, 9.17) is 10.9 Å². The van der Waals surface area contributed by atoms with E-state index in [9.17, 15) is 4.79 Å². The Morgan fingerprint density at radius 2 is 1.81 bits per heavy atom. The highest BCUT2D eigenvalue weighted by molar-refractivity contribution is 7.97. The van der Waals surface area contributed by atoms with Crippen LogP contribution in [0.5, 0.6) is 0 Å². The third-order valence-corrected chi connectivity index (χ3v) is 5.41. The Hall–Kier alpha value is -1.99. The van der Waals surface area contributed by atoms with Crippen molar-refractivity contribution in [3.63, 3.8) is 0 Å². The quantitative estimate of drug-likeness (QED) is 0.716. The number of rotatable bonds is 3. The molecule has 2 aliphatic rings. The standard InChI is InChI=1S/C13H16N2O.C6H11N3S/c14-13(16)15-12-10-5-1-3-8(10)7-9-4-2-6-11(9)12;1-5(2)9-4-3-6(8-9)10-7/h7H,1-6H2,(H3,14,15,16);3-5H,7H2,1-2H3. The second-order valence-electron chi connectivity index (χ2n) is 7.07. The number of benzene rings is 1. The summed E-state index contributed by atoms with van der Waals surface area (Å²) in [4.78, 5) is 11.1. The molecule has 0 saturated carbocycles. The van der Waals surface area contributed by atoms with Crippen molar-refractivity contribution >= 4 is 23.7 Å². The van der Waals surface area contributed by atoms with E-state index >= 15 is 0 Å². The molecule has 1 heterocycles. The molecular weight excluding hydrogens is 346 g/mol. The molecule has 0 spiro atoms. The first kappa shape index (κ1) is 18.8. The van der Waals surface area contributed by atoms with Gasteiger partial charge in [0, 0.05) is 17.9 Å². The number of nitrogens with zero attached hydrogens (tertiary/aromatic N) is 2. The fourth-order valence-electron chi connectivity index (χ4n) is 3.76. The summed E-state index contributed by atoms with van der Waals surface area (Å²) in [5.74, 6) is 0. The molecule has 0 bridgehead atoms. The van der Waals surface area contributed by atoms with Crippen LogP contribution in [0.3, 0.4) is 0 Å². The summed E-state index contributed by atoms with van der Waals surface area (Å²) in [6.07, 6.45) is 8.79. The Bertz CT molecular complexity index is 767. The van der Waals surface area contributed by atoms with Gasteiger partial charge in [0.1, 0.15) is 5.03 Å². The smallest absolute Gasteiger partial charge is 0.316 e. The van der Waals surface area contributed by atoms with Gasteiger partial charge in [-0.25, -0.2) is 4.79 Å². The number of amides is 2. The third-order valence-electron chi connectivity index (χ3n) is 4.95. The Balaban J connectivity index is 0.000000170. The lowest BCUT2D eigenvalue weighted by molar-refractivity contribution is 0.259. The average molecular weight is 374 g/mol. The number of anilines is 1. The zero-order valence-corrected chi connectivity index (χ0v) is 16.2. The molecule has 0 aliphatic heterocycles. The molecule has 4 rings (SSSR count). The van der Waals surface area contributed by atoms with Gasteiger partial charge < -0.3 is 11.1 Å². The molecule has 5 N–H and O–H groups in total. The van der Waals surface area contributed by atoms with Crippen molar-refractivity contribution in [3.05, 3.63) is 40.6 Å². The predicted molar refractivity (Wildman–Crippen MR) is 106 cm³/mol. The van der Waals surface area contributed by atoms with E-state index < -0.39 is 6.03 Å². The van der Waals surface area contributed by atoms with Crippen LogP contribution in [0.1, 0.15) is 55.0 Å². The van der Waals surface area contributed by atoms with Gasteiger partial charge in [0.05, 0.1) is 0 Å². The van der Waals surface area contributed by atoms with Crippen LogP contribution < -0.4 is 16.2 Å². The molecule has 0 saturated heterocycles. The SMILES string of the molecule is CC(C)n1ccc(SN)n1.NC(=O)Nc1c2c(cc3c1CCC3)CCC2. The number of nitrogens with two attached hydrogens (primary N) is 2. The fourth-order valence-corrected chi connectivity index (χ4v) is 4.04. The Morgan fingerprint density at radius 3 is 2.23 bits per heavy atom. The summed E-state index contributed by atoms with van der Waals surface area (Å²) in [6, 6.07) is 4.23. The summed E-state index contributed by atoms with van der Waals surface area (Å²) in [5.41, 5.74) is 11.8. The van der Waals surface area contributed by atoms with E-state index in [0.29, 0.717) is 6.04 Å². The Morgan fingerprint density at radius 1 is 1.19 bits per heavy atom. The van der Waals surface area contributed by atoms with Gasteiger partial charge in [0.25, 0.3) is 0 Å². The van der Waals surface area contributed by atoms with Gasteiger partial charge >= 0.3 is 6.03 Å². The first-order valence-corrected chi connectivity index (χ1v) is 10.0. The topological polar surface area (TPSA) is 99.0 Å². The van der Waals surface area contributed by atoms with Crippen molar-refractivity contribution in [2.45, 2.75) is 63.4 Å². The van der Waals surface area contributed by atoms with E-state index in [-0.39, 0.29) is 0 Å². The van der Waals surface area contributed by atoms with Crippen molar-refractivity contribution in [3.8, 4) is 0 Å². The van der Waals surface area contributed by atoms with E-state index in [1.54, 1.807) is 0 Å². The molecule has 0 radical (unpaired) electrons. The minimum absolute atomic E-state index is 0.417. The third kappa shape index (κ3) is 4.04. The minimum atomic E-state index is -0.436. The molecule has 26 heavy (non-hydrogen) atoms. The lowest BCUT2D eigenvalue weighted by atomic mass is 9.99. The van der Waals surface area contributed by atoms with Gasteiger partial charge in [0.2, 0.25) is 0 Å². The monoisotopic (exact) mass is 373 g/mol. The lowest BCUT2D eigenvalue weighted by Gasteiger charge is -2.14. The van der Waals surface area contributed by atoms with Gasteiger partial charge in [-0.2, -0.15) is 5.10 Å². The normalized spacial score (nSPS) is 14.6. The van der Waals surface area contributed by atoms with Crippen LogP contribution in [-0.2, 0) is 25.7 Å². The van der Waals surface area contributed by atoms with Crippen molar-refractivity contribution in [2.75, 3.05) is 5.32 Å². The van der Waals surface area contributed by atoms with Crippen molar-refractivity contribution in [2.24, 2.45) is 10.9 Å². The second-order valence-corrected chi connectivity index (χ2v) is 7.72. The highest BCUT2D eigenvalue weighted by atomic mass is 32.2. The number of fused-ring (bicyclic) bond motifs is 2. The summed E-state index contributed by atoms with van der Waals surface area (Å²) in [7, 11) is 0. The summed E-state index contributed by atoms with van der Waals surface area (Å²) in [5, 5.41) is 13.2. The predicted octanol–water partition coefficient (Wildman–Crippen LogP) is 3.58. The Labute approximate surface area is 158 Å². The molecule has 2 aliphatic carbocycles. The summed E-state index contributed by atoms with van der Waals surface area (Å²) < 4.78 is 1.88. The highest BCUT2D eigenvalue weighted by Gasteiger charge is 2.24. The van der Waals surface area contributed by atoms with Crippen LogP contribution >= 0.6 is 11.9 Å². The molecule has 2 amide bonds. The van der Waals surface area contributed by atoms with E-state index in [0.717, 1.165) is 36.4 Å². The van der Waals surface area contributed by atoms with E-state index in [1.165, 1.54) is 47.0 Å². The summed E-state index contributed by atoms with van der Waals surface area (Å²) >= 11 is 1.18. The largest absolute Gasteiger partial charge is 0.351 e.